The van der Waals surface area contributed by atoms with Crippen molar-refractivity contribution < 1.29 is 4.79 Å². The maximum Gasteiger partial charge on any atom is 0.243 e. The highest BCUT2D eigenvalue weighted by atomic mass is 16.2. The summed E-state index contributed by atoms with van der Waals surface area (Å²) >= 11 is 0. The topological polar surface area (TPSA) is 44.1 Å². The number of amides is 1. The van der Waals surface area contributed by atoms with E-state index in [1.54, 1.807) is 0 Å². The van der Waals surface area contributed by atoms with Crippen LogP contribution in [0.25, 0.3) is 0 Å². The van der Waals surface area contributed by atoms with Crippen molar-refractivity contribution in [1.29, 1.82) is 5.26 Å². The molecule has 0 aromatic carbocycles. The van der Waals surface area contributed by atoms with Crippen LogP contribution in [-0.2, 0) is 4.79 Å². The van der Waals surface area contributed by atoms with Gasteiger partial charge in [0.05, 0.1) is 6.07 Å². The first-order chi connectivity index (χ1) is 8.48. The normalized spacial score (nSPS) is 30.7. The molecule has 0 aliphatic heterocycles. The predicted molar refractivity (Wildman–Crippen MR) is 70.6 cm³/mol. The van der Waals surface area contributed by atoms with Gasteiger partial charge in [0.25, 0.3) is 0 Å². The van der Waals surface area contributed by atoms with Crippen LogP contribution in [0.1, 0.15) is 52.9 Å². The zero-order valence-electron chi connectivity index (χ0n) is 11.8. The average Bonchev–Trinajstić information content (AvgIpc) is 3.08. The quantitative estimate of drug-likeness (QED) is 0.750. The maximum atomic E-state index is 12.6. The van der Waals surface area contributed by atoms with E-state index in [-0.39, 0.29) is 5.91 Å². The summed E-state index contributed by atoms with van der Waals surface area (Å²) in [6.07, 6.45) is 4.81. The molecule has 2 rings (SSSR count). The fourth-order valence-electron chi connectivity index (χ4n) is 2.95. The molecule has 2 saturated carbocycles. The molecule has 0 unspecified atom stereocenters. The molecule has 0 aromatic heterocycles. The highest BCUT2D eigenvalue weighted by Crippen LogP contribution is 2.47. The summed E-state index contributed by atoms with van der Waals surface area (Å²) < 4.78 is 0. The SMILES string of the molecule is CC(C)CCN(C(=O)C1(C#N)CC(C)C1)C1CC1. The van der Waals surface area contributed by atoms with Crippen LogP contribution >= 0.6 is 0 Å². The van der Waals surface area contributed by atoms with E-state index in [0.717, 1.165) is 38.6 Å². The van der Waals surface area contributed by atoms with E-state index >= 15 is 0 Å². The molecule has 0 heterocycles. The molecule has 2 aliphatic carbocycles. The highest BCUT2D eigenvalue weighted by Gasteiger charge is 2.52. The molecule has 0 bridgehead atoms. The van der Waals surface area contributed by atoms with Gasteiger partial charge >= 0.3 is 0 Å². The van der Waals surface area contributed by atoms with E-state index < -0.39 is 5.41 Å². The minimum Gasteiger partial charge on any atom is -0.338 e. The monoisotopic (exact) mass is 248 g/mol. The summed E-state index contributed by atoms with van der Waals surface area (Å²) in [5, 5.41) is 9.36. The van der Waals surface area contributed by atoms with Crippen molar-refractivity contribution in [2.24, 2.45) is 17.3 Å². The third kappa shape index (κ3) is 2.53. The lowest BCUT2D eigenvalue weighted by Gasteiger charge is -2.42. The summed E-state index contributed by atoms with van der Waals surface area (Å²) in [4.78, 5) is 14.6. The minimum atomic E-state index is -0.682. The van der Waals surface area contributed by atoms with E-state index in [2.05, 4.69) is 26.8 Å². The Bertz CT molecular complexity index is 359. The molecule has 0 saturated heterocycles. The molecule has 1 amide bonds. The Balaban J connectivity index is 2.02. The maximum absolute atomic E-state index is 12.6. The Morgan fingerprint density at radius 1 is 1.44 bits per heavy atom. The van der Waals surface area contributed by atoms with E-state index in [9.17, 15) is 10.1 Å². The van der Waals surface area contributed by atoms with Crippen molar-refractivity contribution in [1.82, 2.24) is 4.90 Å². The summed E-state index contributed by atoms with van der Waals surface area (Å²) in [5.74, 6) is 1.25. The van der Waals surface area contributed by atoms with Crippen LogP contribution < -0.4 is 0 Å². The van der Waals surface area contributed by atoms with Crippen LogP contribution in [0.3, 0.4) is 0 Å². The van der Waals surface area contributed by atoms with Gasteiger partial charge in [0.15, 0.2) is 0 Å². The Labute approximate surface area is 110 Å². The van der Waals surface area contributed by atoms with Gasteiger partial charge in [0, 0.05) is 12.6 Å². The molecule has 3 nitrogen and oxygen atoms in total. The van der Waals surface area contributed by atoms with Gasteiger partial charge in [0.2, 0.25) is 5.91 Å². The van der Waals surface area contributed by atoms with Gasteiger partial charge in [0.1, 0.15) is 5.41 Å². The molecule has 0 spiro atoms. The van der Waals surface area contributed by atoms with Crippen molar-refractivity contribution in [3.05, 3.63) is 0 Å². The van der Waals surface area contributed by atoms with E-state index in [1.165, 1.54) is 0 Å². The second kappa shape index (κ2) is 4.91. The molecule has 100 valence electrons. The fraction of sp³-hybridized carbons (Fsp3) is 0.867. The average molecular weight is 248 g/mol. The van der Waals surface area contributed by atoms with E-state index in [4.69, 9.17) is 0 Å². The van der Waals surface area contributed by atoms with Gasteiger partial charge in [-0.1, -0.05) is 20.8 Å². The first-order valence-electron chi connectivity index (χ1n) is 7.21. The molecule has 2 aliphatic rings. The van der Waals surface area contributed by atoms with E-state index in [1.807, 2.05) is 4.90 Å². The number of rotatable bonds is 5. The van der Waals surface area contributed by atoms with Gasteiger partial charge in [-0.3, -0.25) is 4.79 Å². The molecule has 0 radical (unpaired) electrons. The molecule has 2 fully saturated rings. The smallest absolute Gasteiger partial charge is 0.243 e. The highest BCUT2D eigenvalue weighted by molar-refractivity contribution is 5.87. The first kappa shape index (κ1) is 13.4. The fourth-order valence-corrected chi connectivity index (χ4v) is 2.95. The van der Waals surface area contributed by atoms with Gasteiger partial charge < -0.3 is 4.90 Å². The summed E-state index contributed by atoms with van der Waals surface area (Å²) in [6, 6.07) is 2.73. The lowest BCUT2D eigenvalue weighted by Crippen LogP contribution is -2.51. The van der Waals surface area contributed by atoms with Crippen LogP contribution in [0.4, 0.5) is 0 Å². The van der Waals surface area contributed by atoms with Crippen molar-refractivity contribution >= 4 is 5.91 Å². The Hall–Kier alpha value is -1.04. The Morgan fingerprint density at radius 2 is 2.06 bits per heavy atom. The standard InChI is InChI=1S/C15H24N2O/c1-11(2)6-7-17(13-4-5-13)14(18)15(10-16)8-12(3)9-15/h11-13H,4-9H2,1-3H3. The predicted octanol–water partition coefficient (Wildman–Crippen LogP) is 2.96. The number of hydrogen-bond donors (Lipinski definition) is 0. The number of hydrogen-bond acceptors (Lipinski definition) is 2. The summed E-state index contributed by atoms with van der Waals surface area (Å²) in [6.45, 7) is 7.32. The summed E-state index contributed by atoms with van der Waals surface area (Å²) in [5.41, 5.74) is -0.682. The van der Waals surface area contributed by atoms with Crippen LogP contribution in [0.5, 0.6) is 0 Å². The third-order valence-electron chi connectivity index (χ3n) is 4.21. The van der Waals surface area contributed by atoms with Crippen LogP contribution in [0, 0.1) is 28.6 Å². The molecule has 0 atom stereocenters. The second-order valence-corrected chi connectivity index (χ2v) is 6.62. The molecule has 3 heteroatoms. The Morgan fingerprint density at radius 3 is 2.44 bits per heavy atom. The van der Waals surface area contributed by atoms with Gasteiger partial charge in [-0.2, -0.15) is 5.26 Å². The van der Waals surface area contributed by atoms with Crippen LogP contribution in [0.15, 0.2) is 0 Å². The lowest BCUT2D eigenvalue weighted by molar-refractivity contribution is -0.146. The molecule has 18 heavy (non-hydrogen) atoms. The lowest BCUT2D eigenvalue weighted by atomic mass is 9.62. The third-order valence-corrected chi connectivity index (χ3v) is 4.21. The van der Waals surface area contributed by atoms with Gasteiger partial charge in [-0.25, -0.2) is 0 Å². The number of nitrogens with zero attached hydrogens (tertiary/aromatic N) is 2. The molecule has 0 N–H and O–H groups in total. The number of nitriles is 1. The molecule has 0 aromatic rings. The van der Waals surface area contributed by atoms with Crippen LogP contribution in [0.2, 0.25) is 0 Å². The van der Waals surface area contributed by atoms with Crippen molar-refractivity contribution in [2.45, 2.75) is 58.9 Å². The number of carbonyl (C=O) groups excluding carboxylic acids is 1. The largest absolute Gasteiger partial charge is 0.338 e. The minimum absolute atomic E-state index is 0.117. The van der Waals surface area contributed by atoms with E-state index in [0.29, 0.717) is 17.9 Å². The van der Waals surface area contributed by atoms with Crippen molar-refractivity contribution in [3.8, 4) is 6.07 Å². The van der Waals surface area contributed by atoms with Crippen LogP contribution in [-0.4, -0.2) is 23.4 Å². The van der Waals surface area contributed by atoms with Gasteiger partial charge in [-0.15, -0.1) is 0 Å². The second-order valence-electron chi connectivity index (χ2n) is 6.62. The zero-order valence-corrected chi connectivity index (χ0v) is 11.8. The Kier molecular flexibility index (Phi) is 3.66. The van der Waals surface area contributed by atoms with Crippen molar-refractivity contribution in [3.63, 3.8) is 0 Å². The first-order valence-corrected chi connectivity index (χ1v) is 7.21. The van der Waals surface area contributed by atoms with Crippen molar-refractivity contribution in [2.75, 3.05) is 6.54 Å². The molecular formula is C15H24N2O. The zero-order chi connectivity index (χ0) is 13.3. The summed E-state index contributed by atoms with van der Waals surface area (Å²) in [7, 11) is 0. The molecular weight excluding hydrogens is 224 g/mol. The number of carbonyl (C=O) groups is 1. The van der Waals surface area contributed by atoms with Gasteiger partial charge in [-0.05, 0) is 43.9 Å².